The average molecular weight is 351 g/mol. The highest BCUT2D eigenvalue weighted by Gasteiger charge is 2.51. The lowest BCUT2D eigenvalue weighted by molar-refractivity contribution is 0.00578. The standard InChI is InChI=1S/C17H26BNO4S/c1-12-8-14(18-22-16(2,3)17(4,5)23-18)10-15(9-12)24(20,21)19-11-13-6-7-13/h8-10,13,19H,6-7,11H2,1-5H3. The number of hydrogen-bond acceptors (Lipinski definition) is 4. The zero-order valence-electron chi connectivity index (χ0n) is 15.0. The summed E-state index contributed by atoms with van der Waals surface area (Å²) in [6.07, 6.45) is 2.21. The molecule has 0 atom stereocenters. The molecule has 1 saturated heterocycles. The van der Waals surface area contributed by atoms with E-state index < -0.39 is 28.3 Å². The van der Waals surface area contributed by atoms with Gasteiger partial charge in [0.2, 0.25) is 10.0 Å². The first-order valence-electron chi connectivity index (χ1n) is 8.47. The molecule has 0 amide bonds. The number of rotatable bonds is 5. The lowest BCUT2D eigenvalue weighted by Gasteiger charge is -2.32. The van der Waals surface area contributed by atoms with Crippen LogP contribution in [-0.4, -0.2) is 33.3 Å². The van der Waals surface area contributed by atoms with Gasteiger partial charge in [-0.3, -0.25) is 0 Å². The summed E-state index contributed by atoms with van der Waals surface area (Å²) in [5.41, 5.74) is 0.699. The Kier molecular flexibility index (Phi) is 4.36. The fourth-order valence-electron chi connectivity index (χ4n) is 2.68. The molecule has 3 rings (SSSR count). The van der Waals surface area contributed by atoms with Gasteiger partial charge in [0, 0.05) is 6.54 Å². The number of benzene rings is 1. The van der Waals surface area contributed by atoms with Crippen molar-refractivity contribution in [1.82, 2.24) is 4.72 Å². The summed E-state index contributed by atoms with van der Waals surface area (Å²) >= 11 is 0. The van der Waals surface area contributed by atoms with Gasteiger partial charge in [0.15, 0.2) is 0 Å². The number of nitrogens with one attached hydrogen (secondary N) is 1. The maximum atomic E-state index is 12.5. The van der Waals surface area contributed by atoms with Gasteiger partial charge in [-0.2, -0.15) is 0 Å². The van der Waals surface area contributed by atoms with E-state index in [1.165, 1.54) is 0 Å². The van der Waals surface area contributed by atoms with Crippen LogP contribution in [0.1, 0.15) is 46.1 Å². The normalized spacial score (nSPS) is 22.8. The molecule has 1 saturated carbocycles. The molecule has 1 aromatic rings. The molecule has 0 bridgehead atoms. The number of aryl methyl sites for hydroxylation is 1. The van der Waals surface area contributed by atoms with Crippen LogP contribution < -0.4 is 10.2 Å². The Morgan fingerprint density at radius 2 is 1.71 bits per heavy atom. The average Bonchev–Trinajstić information content (AvgIpc) is 3.24. The van der Waals surface area contributed by atoms with Crippen LogP contribution in [0.2, 0.25) is 0 Å². The van der Waals surface area contributed by atoms with E-state index in [-0.39, 0.29) is 4.90 Å². The minimum atomic E-state index is -3.51. The van der Waals surface area contributed by atoms with Crippen molar-refractivity contribution < 1.29 is 17.7 Å². The van der Waals surface area contributed by atoms with Gasteiger partial charge in [-0.15, -0.1) is 0 Å². The summed E-state index contributed by atoms with van der Waals surface area (Å²) in [6, 6.07) is 5.26. The molecule has 0 spiro atoms. The maximum Gasteiger partial charge on any atom is 0.494 e. The molecular formula is C17H26BNO4S. The Balaban J connectivity index is 1.87. The van der Waals surface area contributed by atoms with Crippen LogP contribution >= 0.6 is 0 Å². The summed E-state index contributed by atoms with van der Waals surface area (Å²) in [5, 5.41) is 0. The second kappa shape index (κ2) is 5.83. The quantitative estimate of drug-likeness (QED) is 0.824. The third-order valence-electron chi connectivity index (χ3n) is 5.17. The van der Waals surface area contributed by atoms with Gasteiger partial charge in [0.1, 0.15) is 0 Å². The van der Waals surface area contributed by atoms with Crippen molar-refractivity contribution in [3.8, 4) is 0 Å². The minimum absolute atomic E-state index is 0.271. The fraction of sp³-hybridized carbons (Fsp3) is 0.647. The van der Waals surface area contributed by atoms with Gasteiger partial charge < -0.3 is 9.31 Å². The fourth-order valence-corrected chi connectivity index (χ4v) is 3.93. The van der Waals surface area contributed by atoms with Crippen molar-refractivity contribution in [3.63, 3.8) is 0 Å². The molecule has 1 N–H and O–H groups in total. The van der Waals surface area contributed by atoms with Gasteiger partial charge in [0.05, 0.1) is 16.1 Å². The monoisotopic (exact) mass is 351 g/mol. The van der Waals surface area contributed by atoms with Crippen LogP contribution in [-0.2, 0) is 19.3 Å². The van der Waals surface area contributed by atoms with Crippen molar-refractivity contribution in [2.45, 2.75) is 63.6 Å². The third-order valence-corrected chi connectivity index (χ3v) is 6.57. The smallest absolute Gasteiger partial charge is 0.399 e. The summed E-state index contributed by atoms with van der Waals surface area (Å²) in [5.74, 6) is 0.493. The topological polar surface area (TPSA) is 64.6 Å². The van der Waals surface area contributed by atoms with E-state index >= 15 is 0 Å². The second-order valence-electron chi connectivity index (χ2n) is 7.96. The van der Waals surface area contributed by atoms with Crippen LogP contribution in [0.3, 0.4) is 0 Å². The SMILES string of the molecule is Cc1cc(B2OC(C)(C)C(C)(C)O2)cc(S(=O)(=O)NCC2CC2)c1. The molecule has 0 aromatic heterocycles. The second-order valence-corrected chi connectivity index (χ2v) is 9.73. The predicted octanol–water partition coefficient (Wildman–Crippen LogP) is 1.98. The highest BCUT2D eigenvalue weighted by atomic mass is 32.2. The van der Waals surface area contributed by atoms with Gasteiger partial charge in [0.25, 0.3) is 0 Å². The first kappa shape index (κ1) is 17.9. The molecule has 2 fully saturated rings. The molecule has 1 aliphatic carbocycles. The third kappa shape index (κ3) is 3.54. The predicted molar refractivity (Wildman–Crippen MR) is 94.8 cm³/mol. The van der Waals surface area contributed by atoms with E-state index in [1.807, 2.05) is 40.7 Å². The minimum Gasteiger partial charge on any atom is -0.399 e. The van der Waals surface area contributed by atoms with E-state index in [0.29, 0.717) is 12.5 Å². The Hall–Kier alpha value is -0.885. The van der Waals surface area contributed by atoms with Gasteiger partial charge in [-0.25, -0.2) is 13.1 Å². The van der Waals surface area contributed by atoms with Gasteiger partial charge in [-0.1, -0.05) is 11.6 Å². The Morgan fingerprint density at radius 1 is 1.12 bits per heavy atom. The van der Waals surface area contributed by atoms with Crippen LogP contribution in [0.5, 0.6) is 0 Å². The zero-order valence-corrected chi connectivity index (χ0v) is 15.9. The lowest BCUT2D eigenvalue weighted by atomic mass is 9.78. The maximum absolute atomic E-state index is 12.5. The van der Waals surface area contributed by atoms with Crippen molar-refractivity contribution in [2.24, 2.45) is 5.92 Å². The first-order valence-corrected chi connectivity index (χ1v) is 9.95. The lowest BCUT2D eigenvalue weighted by Crippen LogP contribution is -2.41. The summed E-state index contributed by atoms with van der Waals surface area (Å²) < 4.78 is 39.9. The molecule has 132 valence electrons. The molecule has 24 heavy (non-hydrogen) atoms. The molecule has 7 heteroatoms. The Morgan fingerprint density at radius 3 is 2.25 bits per heavy atom. The zero-order chi connectivity index (χ0) is 17.8. The molecule has 5 nitrogen and oxygen atoms in total. The van der Waals surface area contributed by atoms with Gasteiger partial charge >= 0.3 is 7.12 Å². The van der Waals surface area contributed by atoms with E-state index in [9.17, 15) is 8.42 Å². The molecule has 1 heterocycles. The van der Waals surface area contributed by atoms with Crippen LogP contribution in [0, 0.1) is 12.8 Å². The van der Waals surface area contributed by atoms with E-state index in [4.69, 9.17) is 9.31 Å². The molecule has 0 unspecified atom stereocenters. The van der Waals surface area contributed by atoms with E-state index in [0.717, 1.165) is 23.9 Å². The summed E-state index contributed by atoms with van der Waals surface area (Å²) in [6.45, 7) is 10.3. The highest BCUT2D eigenvalue weighted by molar-refractivity contribution is 7.89. The van der Waals surface area contributed by atoms with Crippen molar-refractivity contribution in [1.29, 1.82) is 0 Å². The van der Waals surface area contributed by atoms with Crippen molar-refractivity contribution in [2.75, 3.05) is 6.54 Å². The Labute approximate surface area is 145 Å². The van der Waals surface area contributed by atoms with Crippen LogP contribution in [0.15, 0.2) is 23.1 Å². The van der Waals surface area contributed by atoms with E-state index in [1.54, 1.807) is 12.1 Å². The molecule has 2 aliphatic rings. The summed E-state index contributed by atoms with van der Waals surface area (Å²) in [4.78, 5) is 0.271. The summed E-state index contributed by atoms with van der Waals surface area (Å²) in [7, 11) is -4.07. The van der Waals surface area contributed by atoms with Crippen molar-refractivity contribution in [3.05, 3.63) is 23.8 Å². The van der Waals surface area contributed by atoms with Crippen molar-refractivity contribution >= 4 is 22.6 Å². The molecule has 1 aliphatic heterocycles. The molecule has 1 aromatic carbocycles. The van der Waals surface area contributed by atoms with Gasteiger partial charge in [-0.05, 0) is 71.0 Å². The highest BCUT2D eigenvalue weighted by Crippen LogP contribution is 2.36. The number of sulfonamides is 1. The van der Waals surface area contributed by atoms with E-state index in [2.05, 4.69) is 4.72 Å². The Bertz CT molecular complexity index is 725. The largest absolute Gasteiger partial charge is 0.494 e. The van der Waals surface area contributed by atoms with Crippen LogP contribution in [0.25, 0.3) is 0 Å². The van der Waals surface area contributed by atoms with Crippen LogP contribution in [0.4, 0.5) is 0 Å². The number of hydrogen-bond donors (Lipinski definition) is 1. The first-order chi connectivity index (χ1) is 11.0. The molecular weight excluding hydrogens is 325 g/mol. The molecule has 0 radical (unpaired) electrons.